The zero-order valence-corrected chi connectivity index (χ0v) is 27.4. The van der Waals surface area contributed by atoms with Gasteiger partial charge in [0.2, 0.25) is 5.95 Å². The number of anilines is 2. The van der Waals surface area contributed by atoms with Gasteiger partial charge in [0.15, 0.2) is 5.65 Å². The van der Waals surface area contributed by atoms with E-state index in [1.807, 2.05) is 75.9 Å². The van der Waals surface area contributed by atoms with Crippen molar-refractivity contribution < 1.29 is 22.7 Å². The molecule has 1 aliphatic rings. The molecule has 4 heterocycles. The minimum absolute atomic E-state index is 0.294. The molecule has 0 spiro atoms. The maximum absolute atomic E-state index is 13.9. The zero-order chi connectivity index (χ0) is 34.3. The van der Waals surface area contributed by atoms with Gasteiger partial charge < -0.3 is 19.9 Å². The molecule has 1 fully saturated rings. The molecule has 1 amide bonds. The van der Waals surface area contributed by atoms with E-state index in [2.05, 4.69) is 20.5 Å². The molecule has 250 valence electrons. The molecule has 5 aromatic rings. The topological polar surface area (TPSA) is 101 Å². The van der Waals surface area contributed by atoms with E-state index in [-0.39, 0.29) is 6.09 Å². The molecular weight excluding hydrogens is 621 g/mol. The number of carbonyl (C=O) groups is 1. The number of aromatic nitrogens is 5. The first-order valence-corrected chi connectivity index (χ1v) is 15.6. The average molecular weight is 659 g/mol. The fourth-order valence-electron chi connectivity index (χ4n) is 5.73. The highest BCUT2D eigenvalue weighted by Gasteiger charge is 2.32. The third-order valence-electron chi connectivity index (χ3n) is 8.10. The molecule has 1 saturated heterocycles. The van der Waals surface area contributed by atoms with Crippen LogP contribution in [0.15, 0.2) is 79.3 Å². The number of rotatable bonds is 6. The van der Waals surface area contributed by atoms with Crippen LogP contribution in [0.25, 0.3) is 28.0 Å². The van der Waals surface area contributed by atoms with Crippen molar-refractivity contribution in [1.82, 2.24) is 29.5 Å². The van der Waals surface area contributed by atoms with Crippen LogP contribution >= 0.6 is 0 Å². The Bertz CT molecular complexity index is 1930. The largest absolute Gasteiger partial charge is 0.444 e. The number of nitrogens with one attached hydrogen (secondary N) is 1. The van der Waals surface area contributed by atoms with Crippen molar-refractivity contribution in [3.05, 3.63) is 90.4 Å². The van der Waals surface area contributed by atoms with Gasteiger partial charge >= 0.3 is 12.3 Å². The fraction of sp³-hybridized carbons (Fsp3) is 0.343. The Hall–Kier alpha value is -5.20. The minimum Gasteiger partial charge on any atom is -0.444 e. The first-order valence-electron chi connectivity index (χ1n) is 15.6. The van der Waals surface area contributed by atoms with E-state index in [0.29, 0.717) is 66.0 Å². The summed E-state index contributed by atoms with van der Waals surface area (Å²) in [5.41, 5.74) is 1.25. The summed E-state index contributed by atoms with van der Waals surface area (Å²) in [6.07, 6.45) is -1.79. The van der Waals surface area contributed by atoms with Crippen molar-refractivity contribution >= 4 is 23.5 Å². The van der Waals surface area contributed by atoms with Gasteiger partial charge in [-0.2, -0.15) is 13.2 Å². The van der Waals surface area contributed by atoms with Gasteiger partial charge in [0, 0.05) is 37.9 Å². The third-order valence-corrected chi connectivity index (χ3v) is 8.10. The molecule has 0 unspecified atom stereocenters. The van der Waals surface area contributed by atoms with E-state index >= 15 is 0 Å². The van der Waals surface area contributed by atoms with E-state index in [9.17, 15) is 18.0 Å². The lowest BCUT2D eigenvalue weighted by molar-refractivity contribution is -0.137. The lowest BCUT2D eigenvalue weighted by Crippen LogP contribution is -2.50. The second kappa shape index (κ2) is 12.4. The Labute approximate surface area is 276 Å². The van der Waals surface area contributed by atoms with Crippen LogP contribution in [0, 0.1) is 0 Å². The number of pyridine rings is 1. The Balaban J connectivity index is 1.44. The van der Waals surface area contributed by atoms with E-state index in [1.54, 1.807) is 27.6 Å². The van der Waals surface area contributed by atoms with Crippen LogP contribution in [0.3, 0.4) is 0 Å². The van der Waals surface area contributed by atoms with Gasteiger partial charge in [0.05, 0.1) is 22.4 Å². The smallest absolute Gasteiger partial charge is 0.416 e. The monoisotopic (exact) mass is 658 g/mol. The summed E-state index contributed by atoms with van der Waals surface area (Å²) < 4.78 is 48.9. The van der Waals surface area contributed by atoms with E-state index in [4.69, 9.17) is 9.72 Å². The maximum Gasteiger partial charge on any atom is 0.416 e. The van der Waals surface area contributed by atoms with Crippen molar-refractivity contribution in [2.24, 2.45) is 0 Å². The van der Waals surface area contributed by atoms with Crippen molar-refractivity contribution in [2.45, 2.75) is 51.9 Å². The molecule has 1 N–H and O–H groups in total. The van der Waals surface area contributed by atoms with Crippen LogP contribution in [-0.4, -0.2) is 67.3 Å². The quantitative estimate of drug-likeness (QED) is 0.203. The van der Waals surface area contributed by atoms with Crippen molar-refractivity contribution in [3.8, 4) is 22.4 Å². The summed E-state index contributed by atoms with van der Waals surface area (Å²) in [6.45, 7) is 11.2. The summed E-state index contributed by atoms with van der Waals surface area (Å²) >= 11 is 0. The number of fused-ring (bicyclic) bond motifs is 1. The Kier molecular flexibility index (Phi) is 8.48. The molecular formula is C35H37F3N8O2. The number of nitrogens with zero attached hydrogens (tertiary/aromatic N) is 7. The molecule has 1 aliphatic heterocycles. The number of hydrogen-bond acceptors (Lipinski definition) is 8. The lowest BCUT2D eigenvalue weighted by atomic mass is 9.94. The molecule has 0 atom stereocenters. The number of ether oxygens (including phenoxy) is 1. The van der Waals surface area contributed by atoms with Gasteiger partial charge in [-0.15, -0.1) is 10.2 Å². The molecule has 13 heteroatoms. The normalized spacial score (nSPS) is 14.3. The van der Waals surface area contributed by atoms with Crippen LogP contribution in [0.5, 0.6) is 0 Å². The van der Waals surface area contributed by atoms with Gasteiger partial charge in [0.1, 0.15) is 17.7 Å². The second-order valence-electron chi connectivity index (χ2n) is 13.2. The third kappa shape index (κ3) is 6.90. The van der Waals surface area contributed by atoms with E-state index < -0.39 is 22.9 Å². The highest BCUT2D eigenvalue weighted by Crippen LogP contribution is 2.39. The van der Waals surface area contributed by atoms with Crippen LogP contribution in [-0.2, 0) is 16.5 Å². The Morgan fingerprint density at radius 1 is 0.854 bits per heavy atom. The van der Waals surface area contributed by atoms with E-state index in [0.717, 1.165) is 17.7 Å². The number of amides is 1. The number of carbonyl (C=O) groups excluding carboxylic acids is 1. The molecule has 6 rings (SSSR count). The molecule has 0 aliphatic carbocycles. The zero-order valence-electron chi connectivity index (χ0n) is 27.4. The first kappa shape index (κ1) is 32.7. The van der Waals surface area contributed by atoms with Gasteiger partial charge in [0.25, 0.3) is 0 Å². The lowest BCUT2D eigenvalue weighted by Gasteiger charge is -2.36. The van der Waals surface area contributed by atoms with Crippen LogP contribution in [0.2, 0.25) is 0 Å². The predicted molar refractivity (Wildman–Crippen MR) is 178 cm³/mol. The van der Waals surface area contributed by atoms with Gasteiger partial charge in [-0.1, -0.05) is 42.5 Å². The van der Waals surface area contributed by atoms with Gasteiger partial charge in [-0.25, -0.2) is 14.8 Å². The molecule has 2 aromatic carbocycles. The second-order valence-corrected chi connectivity index (χ2v) is 13.2. The number of piperazine rings is 1. The minimum atomic E-state index is -4.54. The van der Waals surface area contributed by atoms with Crippen molar-refractivity contribution in [1.29, 1.82) is 0 Å². The Morgan fingerprint density at radius 3 is 2.25 bits per heavy atom. The molecule has 3 aromatic heterocycles. The summed E-state index contributed by atoms with van der Waals surface area (Å²) in [5.74, 6) is 1.06. The summed E-state index contributed by atoms with van der Waals surface area (Å²) in [6, 6.07) is 18.7. The fourth-order valence-corrected chi connectivity index (χ4v) is 5.73. The van der Waals surface area contributed by atoms with Crippen molar-refractivity contribution in [3.63, 3.8) is 0 Å². The Morgan fingerprint density at radius 2 is 1.56 bits per heavy atom. The number of halogens is 3. The molecule has 0 radical (unpaired) electrons. The van der Waals surface area contributed by atoms with Gasteiger partial charge in [-0.05, 0) is 70.0 Å². The maximum atomic E-state index is 13.9. The highest BCUT2D eigenvalue weighted by molar-refractivity contribution is 5.91. The molecule has 48 heavy (non-hydrogen) atoms. The predicted octanol–water partition coefficient (Wildman–Crippen LogP) is 7.28. The van der Waals surface area contributed by atoms with Crippen LogP contribution < -0.4 is 10.2 Å². The SMILES string of the molecule is CC(C)(C)OC(=O)N1CCN(c2nc(-c3ccnc(NC(C)(C)c4ccccc4)c3)c(-c3cccc(C(F)(F)F)c3)c3nncn23)CC1. The number of benzene rings is 2. The van der Waals surface area contributed by atoms with E-state index in [1.165, 1.54) is 12.4 Å². The number of alkyl halides is 3. The highest BCUT2D eigenvalue weighted by atomic mass is 19.4. The summed E-state index contributed by atoms with van der Waals surface area (Å²) in [7, 11) is 0. The van der Waals surface area contributed by atoms with Crippen LogP contribution in [0.1, 0.15) is 45.7 Å². The summed E-state index contributed by atoms with van der Waals surface area (Å²) in [5, 5.41) is 12.0. The molecule has 10 nitrogen and oxygen atoms in total. The van der Waals surface area contributed by atoms with Crippen molar-refractivity contribution in [2.75, 3.05) is 36.4 Å². The van der Waals surface area contributed by atoms with Crippen LogP contribution in [0.4, 0.5) is 29.7 Å². The first-order chi connectivity index (χ1) is 22.7. The average Bonchev–Trinajstić information content (AvgIpc) is 3.53. The molecule has 0 saturated carbocycles. The van der Waals surface area contributed by atoms with Gasteiger partial charge in [-0.3, -0.25) is 4.40 Å². The molecule has 0 bridgehead atoms. The standard InChI is InChI=1S/C35H37F3N8O2/c1-33(2,3)48-32(47)45-18-16-44(17-19-45)31-41-29(24-14-15-39-27(21-24)42-34(4,5)25-11-7-6-8-12-25)28(30-43-40-22-46(30)31)23-10-9-13-26(20-23)35(36,37)38/h6-15,20-22H,16-19H2,1-5H3,(H,39,42). The summed E-state index contributed by atoms with van der Waals surface area (Å²) in [4.78, 5) is 26.1. The number of hydrogen-bond donors (Lipinski definition) is 1.